The zero-order chi connectivity index (χ0) is 15.7. The third-order valence-corrected chi connectivity index (χ3v) is 4.07. The predicted molar refractivity (Wildman–Crippen MR) is 87.3 cm³/mol. The molecule has 1 atom stereocenters. The highest BCUT2D eigenvalue weighted by atomic mass is 35.5. The Bertz CT molecular complexity index is 407. The number of ether oxygens (including phenoxy) is 3. The molecule has 0 saturated carbocycles. The molecule has 0 aromatic heterocycles. The van der Waals surface area contributed by atoms with E-state index in [4.69, 9.17) is 25.8 Å². The highest BCUT2D eigenvalue weighted by Gasteiger charge is 2.14. The molecule has 0 saturated heterocycles. The monoisotopic (exact) mass is 314 g/mol. The van der Waals surface area contributed by atoms with Crippen LogP contribution in [0.25, 0.3) is 0 Å². The van der Waals surface area contributed by atoms with Gasteiger partial charge in [-0.05, 0) is 36.0 Å². The second-order valence-corrected chi connectivity index (χ2v) is 5.86. The normalized spacial score (nSPS) is 12.7. The summed E-state index contributed by atoms with van der Waals surface area (Å²) in [5, 5.41) is 0. The van der Waals surface area contributed by atoms with Crippen LogP contribution >= 0.6 is 11.6 Å². The lowest BCUT2D eigenvalue weighted by Gasteiger charge is -2.19. The number of methoxy groups -OCH3 is 2. The van der Waals surface area contributed by atoms with E-state index in [1.54, 1.807) is 14.2 Å². The Kier molecular flexibility index (Phi) is 8.74. The number of hydrogen-bond donors (Lipinski definition) is 0. The largest absolute Gasteiger partial charge is 0.496 e. The maximum atomic E-state index is 6.07. The first kappa shape index (κ1) is 18.3. The summed E-state index contributed by atoms with van der Waals surface area (Å²) in [6.07, 6.45) is 0.982. The SMILES string of the molecule is COCCOCc1cc(C[C@@H](CCl)C(C)C)ccc1OC. The molecule has 0 bridgehead atoms. The number of alkyl halides is 1. The summed E-state index contributed by atoms with van der Waals surface area (Å²) in [7, 11) is 3.35. The predicted octanol–water partition coefficient (Wildman–Crippen LogP) is 3.91. The lowest BCUT2D eigenvalue weighted by molar-refractivity contribution is 0.0607. The van der Waals surface area contributed by atoms with Crippen molar-refractivity contribution in [1.82, 2.24) is 0 Å². The van der Waals surface area contributed by atoms with E-state index < -0.39 is 0 Å². The van der Waals surface area contributed by atoms with Gasteiger partial charge in [-0.1, -0.05) is 19.9 Å². The van der Waals surface area contributed by atoms with E-state index in [1.807, 2.05) is 6.07 Å². The van der Waals surface area contributed by atoms with Crippen LogP contribution in [-0.4, -0.2) is 33.3 Å². The van der Waals surface area contributed by atoms with E-state index >= 15 is 0 Å². The third kappa shape index (κ3) is 6.25. The zero-order valence-electron chi connectivity index (χ0n) is 13.5. The fourth-order valence-corrected chi connectivity index (χ4v) is 2.63. The van der Waals surface area contributed by atoms with E-state index in [0.717, 1.165) is 17.7 Å². The average molecular weight is 315 g/mol. The minimum Gasteiger partial charge on any atom is -0.496 e. The average Bonchev–Trinajstić information content (AvgIpc) is 2.49. The number of rotatable bonds is 10. The van der Waals surface area contributed by atoms with Crippen LogP contribution in [0.1, 0.15) is 25.0 Å². The molecular formula is C17H27ClO3. The molecule has 4 heteroatoms. The molecule has 0 amide bonds. The Labute approximate surface area is 133 Å². The van der Waals surface area contributed by atoms with Crippen molar-refractivity contribution in [2.75, 3.05) is 33.3 Å². The Hall–Kier alpha value is -0.770. The van der Waals surface area contributed by atoms with Gasteiger partial charge in [0, 0.05) is 18.6 Å². The molecule has 0 unspecified atom stereocenters. The van der Waals surface area contributed by atoms with Crippen LogP contribution < -0.4 is 4.74 Å². The van der Waals surface area contributed by atoms with Crippen LogP contribution in [0.4, 0.5) is 0 Å². The van der Waals surface area contributed by atoms with Gasteiger partial charge in [0.05, 0.1) is 26.9 Å². The van der Waals surface area contributed by atoms with Crippen LogP contribution in [0.3, 0.4) is 0 Å². The van der Waals surface area contributed by atoms with Gasteiger partial charge < -0.3 is 14.2 Å². The van der Waals surface area contributed by atoms with Crippen molar-refractivity contribution in [3.8, 4) is 5.75 Å². The van der Waals surface area contributed by atoms with Gasteiger partial charge in [-0.2, -0.15) is 0 Å². The van der Waals surface area contributed by atoms with Crippen molar-refractivity contribution in [3.05, 3.63) is 29.3 Å². The van der Waals surface area contributed by atoms with Gasteiger partial charge in [-0.15, -0.1) is 11.6 Å². The van der Waals surface area contributed by atoms with Crippen molar-refractivity contribution < 1.29 is 14.2 Å². The molecule has 0 aliphatic carbocycles. The summed E-state index contributed by atoms with van der Waals surface area (Å²) in [4.78, 5) is 0. The van der Waals surface area contributed by atoms with E-state index in [1.165, 1.54) is 5.56 Å². The van der Waals surface area contributed by atoms with Gasteiger partial charge in [0.2, 0.25) is 0 Å². The number of benzene rings is 1. The molecule has 120 valence electrons. The second kappa shape index (κ2) is 10.0. The fourth-order valence-electron chi connectivity index (χ4n) is 2.17. The van der Waals surface area contributed by atoms with Crippen LogP contribution in [-0.2, 0) is 22.5 Å². The first-order valence-corrected chi connectivity index (χ1v) is 7.94. The fraction of sp³-hybridized carbons (Fsp3) is 0.647. The Balaban J connectivity index is 2.74. The third-order valence-electron chi connectivity index (χ3n) is 3.67. The molecule has 0 heterocycles. The molecule has 0 aliphatic heterocycles. The van der Waals surface area contributed by atoms with Crippen LogP contribution in [0.15, 0.2) is 18.2 Å². The Morgan fingerprint density at radius 3 is 2.48 bits per heavy atom. The van der Waals surface area contributed by atoms with E-state index in [-0.39, 0.29) is 0 Å². The van der Waals surface area contributed by atoms with E-state index in [2.05, 4.69) is 26.0 Å². The summed E-state index contributed by atoms with van der Waals surface area (Å²) in [6.45, 7) is 6.15. The minimum absolute atomic E-state index is 0.488. The quantitative estimate of drug-likeness (QED) is 0.484. The lowest BCUT2D eigenvalue weighted by atomic mass is 9.90. The summed E-state index contributed by atoms with van der Waals surface area (Å²) < 4.78 is 16.0. The molecule has 21 heavy (non-hydrogen) atoms. The molecule has 1 aromatic rings. The van der Waals surface area contributed by atoms with E-state index in [9.17, 15) is 0 Å². The first-order chi connectivity index (χ1) is 10.1. The maximum absolute atomic E-state index is 6.07. The Morgan fingerprint density at radius 2 is 1.90 bits per heavy atom. The van der Waals surface area contributed by atoms with Gasteiger partial charge in [0.1, 0.15) is 5.75 Å². The van der Waals surface area contributed by atoms with Crippen LogP contribution in [0.5, 0.6) is 5.75 Å². The Morgan fingerprint density at radius 1 is 1.14 bits per heavy atom. The molecule has 0 radical (unpaired) electrons. The van der Waals surface area contributed by atoms with Crippen molar-refractivity contribution in [1.29, 1.82) is 0 Å². The zero-order valence-corrected chi connectivity index (χ0v) is 14.3. The van der Waals surface area contributed by atoms with Gasteiger partial charge in [-0.3, -0.25) is 0 Å². The topological polar surface area (TPSA) is 27.7 Å². The molecule has 0 spiro atoms. The van der Waals surface area contributed by atoms with Crippen LogP contribution in [0.2, 0.25) is 0 Å². The molecule has 1 aromatic carbocycles. The van der Waals surface area contributed by atoms with Crippen LogP contribution in [0, 0.1) is 11.8 Å². The van der Waals surface area contributed by atoms with Crippen molar-refractivity contribution >= 4 is 11.6 Å². The molecule has 0 aliphatic rings. The minimum atomic E-state index is 0.488. The molecule has 1 rings (SSSR count). The van der Waals surface area contributed by atoms with Gasteiger partial charge in [0.15, 0.2) is 0 Å². The smallest absolute Gasteiger partial charge is 0.124 e. The number of halogens is 1. The summed E-state index contributed by atoms with van der Waals surface area (Å²) in [5.41, 5.74) is 2.35. The van der Waals surface area contributed by atoms with Crippen molar-refractivity contribution in [2.24, 2.45) is 11.8 Å². The molecular weight excluding hydrogens is 288 g/mol. The summed E-state index contributed by atoms with van der Waals surface area (Å²) >= 11 is 6.07. The summed E-state index contributed by atoms with van der Waals surface area (Å²) in [5.74, 6) is 2.61. The van der Waals surface area contributed by atoms with E-state index in [0.29, 0.717) is 37.5 Å². The first-order valence-electron chi connectivity index (χ1n) is 7.40. The standard InChI is InChI=1S/C17H27ClO3/c1-13(2)15(11-18)9-14-5-6-17(20-4)16(10-14)12-21-8-7-19-3/h5-6,10,13,15H,7-9,11-12H2,1-4H3/t15-/m0/s1. The maximum Gasteiger partial charge on any atom is 0.124 e. The highest BCUT2D eigenvalue weighted by Crippen LogP contribution is 2.24. The van der Waals surface area contributed by atoms with Gasteiger partial charge in [-0.25, -0.2) is 0 Å². The second-order valence-electron chi connectivity index (χ2n) is 5.55. The molecule has 3 nitrogen and oxygen atoms in total. The van der Waals surface area contributed by atoms with Crippen molar-refractivity contribution in [2.45, 2.75) is 26.9 Å². The molecule has 0 fully saturated rings. The highest BCUT2D eigenvalue weighted by molar-refractivity contribution is 6.18. The van der Waals surface area contributed by atoms with Gasteiger partial charge in [0.25, 0.3) is 0 Å². The summed E-state index contributed by atoms with van der Waals surface area (Å²) in [6, 6.07) is 6.28. The van der Waals surface area contributed by atoms with Crippen molar-refractivity contribution in [3.63, 3.8) is 0 Å². The number of hydrogen-bond acceptors (Lipinski definition) is 3. The molecule has 0 N–H and O–H groups in total. The lowest BCUT2D eigenvalue weighted by Crippen LogP contribution is -2.14. The van der Waals surface area contributed by atoms with Gasteiger partial charge >= 0.3 is 0 Å².